The lowest BCUT2D eigenvalue weighted by Crippen LogP contribution is -2.10. The number of nitro benzene ring substituents is 1. The van der Waals surface area contributed by atoms with E-state index in [1.54, 1.807) is 0 Å². The van der Waals surface area contributed by atoms with Crippen LogP contribution in [0, 0.1) is 10.1 Å². The predicted octanol–water partition coefficient (Wildman–Crippen LogP) is 2.00. The lowest BCUT2D eigenvalue weighted by molar-refractivity contribution is -0.384. The van der Waals surface area contributed by atoms with Gasteiger partial charge in [-0.05, 0) is 6.07 Å². The van der Waals surface area contributed by atoms with Gasteiger partial charge in [-0.1, -0.05) is 13.8 Å². The van der Waals surface area contributed by atoms with Crippen LogP contribution >= 0.6 is 0 Å². The van der Waals surface area contributed by atoms with Crippen LogP contribution in [0.25, 0.3) is 5.69 Å². The fourth-order valence-electron chi connectivity index (χ4n) is 1.96. The Kier molecular flexibility index (Phi) is 3.97. The number of nitro groups is 1. The maximum Gasteiger partial charge on any atom is 0.338 e. The molecule has 0 aliphatic carbocycles. The van der Waals surface area contributed by atoms with Gasteiger partial charge in [0.1, 0.15) is 5.82 Å². The summed E-state index contributed by atoms with van der Waals surface area (Å²) in [7, 11) is 0. The lowest BCUT2D eigenvalue weighted by Gasteiger charge is -2.08. The van der Waals surface area contributed by atoms with Crippen molar-refractivity contribution in [2.24, 2.45) is 0 Å². The van der Waals surface area contributed by atoms with Crippen molar-refractivity contribution in [3.05, 3.63) is 45.5 Å². The molecule has 110 valence electrons. The van der Waals surface area contributed by atoms with Crippen LogP contribution in [-0.2, 0) is 12.8 Å². The molecule has 1 N–H and O–H groups in total. The van der Waals surface area contributed by atoms with Gasteiger partial charge in [0.15, 0.2) is 5.82 Å². The first-order valence-corrected chi connectivity index (χ1v) is 6.44. The van der Waals surface area contributed by atoms with Gasteiger partial charge in [-0.3, -0.25) is 10.1 Å². The van der Waals surface area contributed by atoms with E-state index < -0.39 is 10.9 Å². The van der Waals surface area contributed by atoms with Gasteiger partial charge in [0.05, 0.1) is 16.2 Å². The molecule has 8 heteroatoms. The number of aromatic carboxylic acids is 1. The zero-order valence-electron chi connectivity index (χ0n) is 11.6. The highest BCUT2D eigenvalue weighted by Crippen LogP contribution is 2.22. The number of rotatable bonds is 5. The highest BCUT2D eigenvalue weighted by molar-refractivity contribution is 5.92. The average Bonchev–Trinajstić information content (AvgIpc) is 2.89. The quantitative estimate of drug-likeness (QED) is 0.666. The molecule has 0 radical (unpaired) electrons. The van der Waals surface area contributed by atoms with Crippen molar-refractivity contribution in [1.29, 1.82) is 0 Å². The molecule has 0 saturated carbocycles. The van der Waals surface area contributed by atoms with Gasteiger partial charge >= 0.3 is 5.97 Å². The topological polar surface area (TPSA) is 111 Å². The third kappa shape index (κ3) is 2.73. The zero-order chi connectivity index (χ0) is 15.6. The van der Waals surface area contributed by atoms with Crippen LogP contribution in [0.15, 0.2) is 18.2 Å². The molecule has 0 saturated heterocycles. The van der Waals surface area contributed by atoms with E-state index >= 15 is 0 Å². The molecular formula is C13H14N4O4. The normalized spacial score (nSPS) is 10.6. The lowest BCUT2D eigenvalue weighted by atomic mass is 10.1. The number of benzene rings is 1. The van der Waals surface area contributed by atoms with Gasteiger partial charge in [-0.15, -0.1) is 0 Å². The van der Waals surface area contributed by atoms with Gasteiger partial charge < -0.3 is 5.11 Å². The smallest absolute Gasteiger partial charge is 0.338 e. The van der Waals surface area contributed by atoms with Gasteiger partial charge in [0.25, 0.3) is 5.69 Å². The summed E-state index contributed by atoms with van der Waals surface area (Å²) >= 11 is 0. The average molecular weight is 290 g/mol. The Morgan fingerprint density at radius 3 is 2.62 bits per heavy atom. The van der Waals surface area contributed by atoms with Crippen molar-refractivity contribution in [3.63, 3.8) is 0 Å². The van der Waals surface area contributed by atoms with Crippen LogP contribution in [0.5, 0.6) is 0 Å². The minimum Gasteiger partial charge on any atom is -0.478 e. The molecule has 8 nitrogen and oxygen atoms in total. The second kappa shape index (κ2) is 5.70. The summed E-state index contributed by atoms with van der Waals surface area (Å²) in [4.78, 5) is 25.8. The number of nitrogens with zero attached hydrogens (tertiary/aromatic N) is 4. The summed E-state index contributed by atoms with van der Waals surface area (Å²) < 4.78 is 1.44. The van der Waals surface area contributed by atoms with Crippen molar-refractivity contribution in [2.75, 3.05) is 0 Å². The molecule has 0 amide bonds. The number of hydrogen-bond donors (Lipinski definition) is 1. The number of aryl methyl sites for hydroxylation is 2. The maximum absolute atomic E-state index is 11.4. The number of carboxylic acids is 1. The molecule has 0 unspecified atom stereocenters. The van der Waals surface area contributed by atoms with Crippen molar-refractivity contribution < 1.29 is 14.8 Å². The second-order valence-corrected chi connectivity index (χ2v) is 4.33. The third-order valence-electron chi connectivity index (χ3n) is 3.00. The number of aromatic nitrogens is 3. The molecule has 1 aromatic heterocycles. The Morgan fingerprint density at radius 2 is 2.10 bits per heavy atom. The SMILES string of the molecule is CCc1nc(CC)n(-c2ccc([N+](=O)[O-])cc2C(=O)O)n1. The molecule has 2 aromatic rings. The first kappa shape index (κ1) is 14.6. The van der Waals surface area contributed by atoms with Gasteiger partial charge in [-0.25, -0.2) is 14.5 Å². The van der Waals surface area contributed by atoms with Crippen LogP contribution in [0.3, 0.4) is 0 Å². The summed E-state index contributed by atoms with van der Waals surface area (Å²) in [6.45, 7) is 3.78. The highest BCUT2D eigenvalue weighted by Gasteiger charge is 2.20. The van der Waals surface area contributed by atoms with E-state index in [4.69, 9.17) is 0 Å². The standard InChI is InChI=1S/C13H14N4O4/c1-3-11-14-12(4-2)16(15-11)10-6-5-8(17(20)21)7-9(10)13(18)19/h5-7H,3-4H2,1-2H3,(H,18,19). The van der Waals surface area contributed by atoms with Crippen LogP contribution in [0.2, 0.25) is 0 Å². The van der Waals surface area contributed by atoms with Crippen molar-refractivity contribution >= 4 is 11.7 Å². The highest BCUT2D eigenvalue weighted by atomic mass is 16.6. The summed E-state index contributed by atoms with van der Waals surface area (Å²) in [6.07, 6.45) is 1.19. The Balaban J connectivity index is 2.65. The minimum absolute atomic E-state index is 0.175. The predicted molar refractivity (Wildman–Crippen MR) is 73.7 cm³/mol. The Hall–Kier alpha value is -2.77. The van der Waals surface area contributed by atoms with E-state index in [1.807, 2.05) is 13.8 Å². The Bertz CT molecular complexity index is 708. The number of non-ortho nitro benzene ring substituents is 1. The molecule has 2 rings (SSSR count). The fraction of sp³-hybridized carbons (Fsp3) is 0.308. The number of carbonyl (C=O) groups is 1. The van der Waals surface area contributed by atoms with Crippen molar-refractivity contribution in [3.8, 4) is 5.69 Å². The second-order valence-electron chi connectivity index (χ2n) is 4.33. The van der Waals surface area contributed by atoms with Crippen LogP contribution < -0.4 is 0 Å². The molecular weight excluding hydrogens is 276 g/mol. The van der Waals surface area contributed by atoms with E-state index in [2.05, 4.69) is 10.1 Å². The van der Waals surface area contributed by atoms with Crippen molar-refractivity contribution in [1.82, 2.24) is 14.8 Å². The van der Waals surface area contributed by atoms with E-state index in [0.29, 0.717) is 24.5 Å². The molecule has 1 heterocycles. The zero-order valence-corrected chi connectivity index (χ0v) is 11.6. The first-order valence-electron chi connectivity index (χ1n) is 6.44. The maximum atomic E-state index is 11.4. The van der Waals surface area contributed by atoms with Gasteiger partial charge in [0.2, 0.25) is 0 Å². The van der Waals surface area contributed by atoms with E-state index in [1.165, 1.54) is 16.8 Å². The monoisotopic (exact) mass is 290 g/mol. The molecule has 0 aliphatic rings. The molecule has 21 heavy (non-hydrogen) atoms. The van der Waals surface area contributed by atoms with Gasteiger partial charge in [-0.2, -0.15) is 5.10 Å². The number of hydrogen-bond acceptors (Lipinski definition) is 5. The van der Waals surface area contributed by atoms with E-state index in [9.17, 15) is 20.0 Å². The summed E-state index contributed by atoms with van der Waals surface area (Å²) in [5, 5.41) is 24.3. The van der Waals surface area contributed by atoms with Crippen LogP contribution in [0.1, 0.15) is 35.9 Å². The number of carboxylic acid groups (broad SMARTS) is 1. The summed E-state index contributed by atoms with van der Waals surface area (Å²) in [5.41, 5.74) is -0.173. The van der Waals surface area contributed by atoms with E-state index in [-0.39, 0.29) is 16.9 Å². The van der Waals surface area contributed by atoms with Crippen LogP contribution in [0.4, 0.5) is 5.69 Å². The Morgan fingerprint density at radius 1 is 1.38 bits per heavy atom. The Labute approximate surface area is 120 Å². The van der Waals surface area contributed by atoms with Crippen molar-refractivity contribution in [2.45, 2.75) is 26.7 Å². The third-order valence-corrected chi connectivity index (χ3v) is 3.00. The molecule has 0 aliphatic heterocycles. The molecule has 0 atom stereocenters. The molecule has 0 spiro atoms. The first-order chi connectivity index (χ1) is 9.97. The minimum atomic E-state index is -1.25. The molecule has 0 fully saturated rings. The molecule has 1 aromatic carbocycles. The summed E-state index contributed by atoms with van der Waals surface area (Å²) in [5.74, 6) is -0.0333. The van der Waals surface area contributed by atoms with E-state index in [0.717, 1.165) is 6.07 Å². The fourth-order valence-corrected chi connectivity index (χ4v) is 1.96. The largest absolute Gasteiger partial charge is 0.478 e. The molecule has 0 bridgehead atoms. The summed E-state index contributed by atoms with van der Waals surface area (Å²) in [6, 6.07) is 3.67. The van der Waals surface area contributed by atoms with Gasteiger partial charge in [0, 0.05) is 25.0 Å². The van der Waals surface area contributed by atoms with Crippen LogP contribution in [-0.4, -0.2) is 30.8 Å².